The van der Waals surface area contributed by atoms with E-state index in [1.165, 1.54) is 37.0 Å². The van der Waals surface area contributed by atoms with Crippen LogP contribution in [-0.4, -0.2) is 29.1 Å². The largest absolute Gasteiger partial charge is 0.293 e. The molecule has 1 aliphatic carbocycles. The molecule has 1 fully saturated rings. The van der Waals surface area contributed by atoms with Crippen molar-refractivity contribution < 1.29 is 9.59 Å². The molecule has 0 unspecified atom stereocenters. The Labute approximate surface area is 165 Å². The van der Waals surface area contributed by atoms with Gasteiger partial charge in [0.25, 0.3) is 5.91 Å². The van der Waals surface area contributed by atoms with Gasteiger partial charge in [-0.15, -0.1) is 0 Å². The standard InChI is InChI=1S/C23H25N3O2/c27-22-19-13-7-6-12-18(19)20(16-25-17-10-4-2-1-3-5-11-17)23(28)26(22)21-14-8-9-15-24-21/h6-9,12-17,20H,1-5,10-11H2/t20-/m0/s1. The summed E-state index contributed by atoms with van der Waals surface area (Å²) in [5, 5.41) is 0. The predicted octanol–water partition coefficient (Wildman–Crippen LogP) is 4.54. The second kappa shape index (κ2) is 8.46. The molecular weight excluding hydrogens is 350 g/mol. The lowest BCUT2D eigenvalue weighted by molar-refractivity contribution is -0.118. The van der Waals surface area contributed by atoms with Gasteiger partial charge in [-0.25, -0.2) is 9.88 Å². The Kier molecular flexibility index (Phi) is 5.60. The summed E-state index contributed by atoms with van der Waals surface area (Å²) in [6, 6.07) is 12.8. The van der Waals surface area contributed by atoms with Crippen LogP contribution in [0.15, 0.2) is 53.7 Å². The zero-order valence-electron chi connectivity index (χ0n) is 16.0. The number of benzene rings is 1. The van der Waals surface area contributed by atoms with Gasteiger partial charge in [0, 0.05) is 24.0 Å². The summed E-state index contributed by atoms with van der Waals surface area (Å²) in [6.45, 7) is 0. The van der Waals surface area contributed by atoms with E-state index in [1.54, 1.807) is 36.7 Å². The number of imide groups is 1. The number of aliphatic imine (C=N–C) groups is 1. The topological polar surface area (TPSA) is 62.6 Å². The third-order valence-electron chi connectivity index (χ3n) is 5.61. The summed E-state index contributed by atoms with van der Waals surface area (Å²) in [5.41, 5.74) is 1.28. The summed E-state index contributed by atoms with van der Waals surface area (Å²) in [7, 11) is 0. The Balaban J connectivity index is 1.67. The predicted molar refractivity (Wildman–Crippen MR) is 110 cm³/mol. The van der Waals surface area contributed by atoms with Crippen LogP contribution in [0.3, 0.4) is 0 Å². The Hall–Kier alpha value is -2.82. The van der Waals surface area contributed by atoms with E-state index in [9.17, 15) is 9.59 Å². The van der Waals surface area contributed by atoms with Gasteiger partial charge >= 0.3 is 0 Å². The lowest BCUT2D eigenvalue weighted by Gasteiger charge is -2.30. The van der Waals surface area contributed by atoms with Gasteiger partial charge in [-0.3, -0.25) is 14.6 Å². The molecule has 5 heteroatoms. The molecule has 2 aliphatic rings. The monoisotopic (exact) mass is 375 g/mol. The molecule has 28 heavy (non-hydrogen) atoms. The van der Waals surface area contributed by atoms with Crippen LogP contribution in [0.25, 0.3) is 0 Å². The summed E-state index contributed by atoms with van der Waals surface area (Å²) < 4.78 is 0. The van der Waals surface area contributed by atoms with Crippen molar-refractivity contribution in [1.82, 2.24) is 4.98 Å². The van der Waals surface area contributed by atoms with Crippen LogP contribution >= 0.6 is 0 Å². The molecule has 1 atom stereocenters. The zero-order valence-corrected chi connectivity index (χ0v) is 16.0. The number of anilines is 1. The third kappa shape index (κ3) is 3.75. The molecular formula is C23H25N3O2. The minimum absolute atomic E-state index is 0.265. The smallest absolute Gasteiger partial charge is 0.266 e. The van der Waals surface area contributed by atoms with Gasteiger partial charge < -0.3 is 0 Å². The fourth-order valence-electron chi connectivity index (χ4n) is 4.09. The lowest BCUT2D eigenvalue weighted by Crippen LogP contribution is -2.46. The van der Waals surface area contributed by atoms with Gasteiger partial charge in [-0.05, 0) is 36.6 Å². The van der Waals surface area contributed by atoms with E-state index < -0.39 is 5.92 Å². The van der Waals surface area contributed by atoms with Crippen LogP contribution in [-0.2, 0) is 4.79 Å². The number of hydrogen-bond donors (Lipinski definition) is 0. The highest BCUT2D eigenvalue weighted by Gasteiger charge is 2.39. The summed E-state index contributed by atoms with van der Waals surface area (Å²) in [5.74, 6) is -0.801. The molecule has 2 amide bonds. The van der Waals surface area contributed by atoms with Gasteiger partial charge in [0.05, 0.1) is 5.92 Å². The number of carbonyl (C=O) groups excluding carboxylic acids is 2. The molecule has 0 bridgehead atoms. The van der Waals surface area contributed by atoms with E-state index in [1.807, 2.05) is 18.2 Å². The highest BCUT2D eigenvalue weighted by atomic mass is 16.2. The molecule has 1 saturated carbocycles. The fourth-order valence-corrected chi connectivity index (χ4v) is 4.09. The second-order valence-corrected chi connectivity index (χ2v) is 7.53. The number of carbonyl (C=O) groups is 2. The Morgan fingerprint density at radius 3 is 2.39 bits per heavy atom. The highest BCUT2D eigenvalue weighted by Crippen LogP contribution is 2.31. The maximum absolute atomic E-state index is 13.3. The van der Waals surface area contributed by atoms with Crippen LogP contribution in [0.5, 0.6) is 0 Å². The van der Waals surface area contributed by atoms with E-state index in [0.29, 0.717) is 11.4 Å². The van der Waals surface area contributed by atoms with Gasteiger partial charge in [-0.1, -0.05) is 56.4 Å². The van der Waals surface area contributed by atoms with E-state index in [0.717, 1.165) is 18.4 Å². The third-order valence-corrected chi connectivity index (χ3v) is 5.61. The van der Waals surface area contributed by atoms with Crippen LogP contribution in [0, 0.1) is 0 Å². The molecule has 5 nitrogen and oxygen atoms in total. The number of nitrogens with zero attached hydrogens (tertiary/aromatic N) is 3. The molecule has 2 aromatic rings. The molecule has 1 aromatic heterocycles. The molecule has 4 rings (SSSR count). The summed E-state index contributed by atoms with van der Waals surface area (Å²) in [4.78, 5) is 36.5. The Morgan fingerprint density at radius 1 is 0.929 bits per heavy atom. The number of fused-ring (bicyclic) bond motifs is 1. The van der Waals surface area contributed by atoms with Crippen LogP contribution in [0.4, 0.5) is 5.82 Å². The first-order valence-electron chi connectivity index (χ1n) is 10.2. The SMILES string of the molecule is O=C1c2ccccc2[C@H](C=NC2CCCCCCC2)C(=O)N1c1ccccn1. The average molecular weight is 375 g/mol. The molecule has 2 heterocycles. The van der Waals surface area contributed by atoms with Crippen molar-refractivity contribution in [2.24, 2.45) is 4.99 Å². The van der Waals surface area contributed by atoms with Crippen molar-refractivity contribution in [3.8, 4) is 0 Å². The first-order chi connectivity index (χ1) is 13.8. The number of hydrogen-bond acceptors (Lipinski definition) is 4. The molecule has 0 spiro atoms. The highest BCUT2D eigenvalue weighted by molar-refractivity contribution is 6.28. The molecule has 0 saturated heterocycles. The van der Waals surface area contributed by atoms with Crippen molar-refractivity contribution in [3.05, 3.63) is 59.8 Å². The molecule has 1 aromatic carbocycles. The van der Waals surface area contributed by atoms with Crippen molar-refractivity contribution in [2.45, 2.75) is 56.9 Å². The molecule has 0 radical (unpaired) electrons. The van der Waals surface area contributed by atoms with Crippen molar-refractivity contribution >= 4 is 23.8 Å². The number of rotatable bonds is 3. The van der Waals surface area contributed by atoms with E-state index in [4.69, 9.17) is 4.99 Å². The van der Waals surface area contributed by atoms with Crippen molar-refractivity contribution in [3.63, 3.8) is 0 Å². The van der Waals surface area contributed by atoms with E-state index in [2.05, 4.69) is 4.98 Å². The number of pyridine rings is 1. The maximum atomic E-state index is 13.3. The second-order valence-electron chi connectivity index (χ2n) is 7.53. The average Bonchev–Trinajstić information content (AvgIpc) is 2.70. The fraction of sp³-hybridized carbons (Fsp3) is 0.391. The van der Waals surface area contributed by atoms with E-state index >= 15 is 0 Å². The first-order valence-corrected chi connectivity index (χ1v) is 10.2. The Bertz CT molecular complexity index is 870. The van der Waals surface area contributed by atoms with E-state index in [-0.39, 0.29) is 17.9 Å². The lowest BCUT2D eigenvalue weighted by atomic mass is 9.89. The van der Waals surface area contributed by atoms with Gasteiger partial charge in [0.1, 0.15) is 5.82 Å². The zero-order chi connectivity index (χ0) is 19.3. The van der Waals surface area contributed by atoms with Crippen LogP contribution in [0.2, 0.25) is 0 Å². The number of amides is 2. The first kappa shape index (κ1) is 18.5. The van der Waals surface area contributed by atoms with Gasteiger partial charge in [0.2, 0.25) is 5.91 Å². The summed E-state index contributed by atoms with van der Waals surface area (Å²) >= 11 is 0. The van der Waals surface area contributed by atoms with Crippen molar-refractivity contribution in [2.75, 3.05) is 4.90 Å². The van der Waals surface area contributed by atoms with Gasteiger partial charge in [-0.2, -0.15) is 0 Å². The van der Waals surface area contributed by atoms with Crippen LogP contribution in [0.1, 0.15) is 66.8 Å². The van der Waals surface area contributed by atoms with Crippen LogP contribution < -0.4 is 4.90 Å². The summed E-state index contributed by atoms with van der Waals surface area (Å²) in [6.07, 6.45) is 11.7. The molecule has 144 valence electrons. The quantitative estimate of drug-likeness (QED) is 0.585. The minimum Gasteiger partial charge on any atom is -0.293 e. The van der Waals surface area contributed by atoms with Crippen molar-refractivity contribution in [1.29, 1.82) is 0 Å². The van der Waals surface area contributed by atoms with Gasteiger partial charge in [0.15, 0.2) is 0 Å². The normalized spacial score (nSPS) is 21.4. The number of aromatic nitrogens is 1. The Morgan fingerprint density at radius 2 is 1.64 bits per heavy atom. The maximum Gasteiger partial charge on any atom is 0.266 e. The molecule has 0 N–H and O–H groups in total. The molecule has 1 aliphatic heterocycles. The minimum atomic E-state index is -0.554.